The van der Waals surface area contributed by atoms with Gasteiger partial charge in [0.2, 0.25) is 0 Å². The van der Waals surface area contributed by atoms with Crippen LogP contribution in [-0.4, -0.2) is 11.3 Å². The number of nitrogens with zero attached hydrogens (tertiary/aromatic N) is 1. The van der Waals surface area contributed by atoms with E-state index in [2.05, 4.69) is 4.99 Å². The van der Waals surface area contributed by atoms with Gasteiger partial charge in [0.05, 0.1) is 5.56 Å². The SMILES string of the molecule is OC1(c2ccccc2C(F)(F)F)C=CN=CC1. The molecule has 0 aromatic heterocycles. The topological polar surface area (TPSA) is 32.6 Å². The Kier molecular flexibility index (Phi) is 2.79. The van der Waals surface area contributed by atoms with Crippen LogP contribution in [0.4, 0.5) is 13.2 Å². The van der Waals surface area contributed by atoms with Gasteiger partial charge in [0, 0.05) is 18.8 Å². The van der Waals surface area contributed by atoms with Crippen molar-refractivity contribution in [3.63, 3.8) is 0 Å². The van der Waals surface area contributed by atoms with Crippen LogP contribution in [0.15, 0.2) is 41.5 Å². The molecule has 90 valence electrons. The monoisotopic (exact) mass is 241 g/mol. The molecule has 1 atom stereocenters. The molecule has 0 saturated heterocycles. The molecule has 1 heterocycles. The molecule has 1 aromatic rings. The smallest absolute Gasteiger partial charge is 0.381 e. The fraction of sp³-hybridized carbons (Fsp3) is 0.250. The van der Waals surface area contributed by atoms with E-state index in [1.165, 1.54) is 36.7 Å². The van der Waals surface area contributed by atoms with Gasteiger partial charge in [-0.3, -0.25) is 4.99 Å². The molecule has 0 spiro atoms. The van der Waals surface area contributed by atoms with Gasteiger partial charge in [-0.15, -0.1) is 0 Å². The van der Waals surface area contributed by atoms with Gasteiger partial charge >= 0.3 is 6.18 Å². The number of hydrogen-bond donors (Lipinski definition) is 1. The number of alkyl halides is 3. The Hall–Kier alpha value is -1.62. The van der Waals surface area contributed by atoms with Crippen molar-refractivity contribution in [3.8, 4) is 0 Å². The first-order chi connectivity index (χ1) is 7.93. The molecule has 0 bridgehead atoms. The van der Waals surface area contributed by atoms with E-state index in [-0.39, 0.29) is 12.0 Å². The Morgan fingerprint density at radius 3 is 2.53 bits per heavy atom. The Labute approximate surface area is 96.1 Å². The second-order valence-electron chi connectivity index (χ2n) is 3.82. The van der Waals surface area contributed by atoms with Gasteiger partial charge in [-0.25, -0.2) is 0 Å². The van der Waals surface area contributed by atoms with Crippen molar-refractivity contribution in [2.45, 2.75) is 18.2 Å². The fourth-order valence-corrected chi connectivity index (χ4v) is 1.79. The second kappa shape index (κ2) is 4.00. The lowest BCUT2D eigenvalue weighted by molar-refractivity contribution is -0.140. The van der Waals surface area contributed by atoms with Gasteiger partial charge < -0.3 is 5.11 Å². The van der Waals surface area contributed by atoms with Crippen LogP contribution >= 0.6 is 0 Å². The predicted octanol–water partition coefficient (Wildman–Crippen LogP) is 2.88. The third-order valence-corrected chi connectivity index (χ3v) is 2.64. The summed E-state index contributed by atoms with van der Waals surface area (Å²) >= 11 is 0. The van der Waals surface area contributed by atoms with E-state index in [4.69, 9.17) is 0 Å². The molecule has 2 rings (SSSR count). The van der Waals surface area contributed by atoms with E-state index in [0.29, 0.717) is 0 Å². The fourth-order valence-electron chi connectivity index (χ4n) is 1.79. The molecule has 0 radical (unpaired) electrons. The third kappa shape index (κ3) is 2.24. The van der Waals surface area contributed by atoms with E-state index >= 15 is 0 Å². The Balaban J connectivity index is 2.53. The van der Waals surface area contributed by atoms with Gasteiger partial charge in [0.15, 0.2) is 0 Å². The van der Waals surface area contributed by atoms with Crippen molar-refractivity contribution in [2.24, 2.45) is 4.99 Å². The molecule has 0 aliphatic carbocycles. The number of benzene rings is 1. The minimum absolute atomic E-state index is 0.0383. The molecule has 0 saturated carbocycles. The number of aliphatic hydroxyl groups is 1. The maximum absolute atomic E-state index is 12.8. The van der Waals surface area contributed by atoms with Crippen molar-refractivity contribution >= 4 is 6.21 Å². The Morgan fingerprint density at radius 2 is 1.94 bits per heavy atom. The van der Waals surface area contributed by atoms with E-state index < -0.39 is 17.3 Å². The van der Waals surface area contributed by atoms with E-state index in [0.717, 1.165) is 6.07 Å². The summed E-state index contributed by atoms with van der Waals surface area (Å²) in [5, 5.41) is 10.2. The highest BCUT2D eigenvalue weighted by Gasteiger charge is 2.39. The summed E-state index contributed by atoms with van der Waals surface area (Å²) in [6.07, 6.45) is -0.466. The standard InChI is InChI=1S/C12H10F3NO/c13-12(14,15)10-4-2-1-3-9(10)11(17)5-7-16-8-6-11/h1-5,7-8,17H,6H2. The largest absolute Gasteiger partial charge is 0.416 e. The van der Waals surface area contributed by atoms with E-state index in [1.54, 1.807) is 0 Å². The van der Waals surface area contributed by atoms with Gasteiger partial charge in [-0.2, -0.15) is 13.2 Å². The van der Waals surface area contributed by atoms with Gasteiger partial charge in [-0.05, 0) is 17.7 Å². The normalized spacial score (nSPS) is 24.0. The van der Waals surface area contributed by atoms with E-state index in [1.807, 2.05) is 0 Å². The van der Waals surface area contributed by atoms with Crippen LogP contribution < -0.4 is 0 Å². The highest BCUT2D eigenvalue weighted by atomic mass is 19.4. The molecule has 2 nitrogen and oxygen atoms in total. The first kappa shape index (κ1) is 11.9. The van der Waals surface area contributed by atoms with Crippen molar-refractivity contribution in [1.29, 1.82) is 0 Å². The lowest BCUT2D eigenvalue weighted by Gasteiger charge is -2.28. The second-order valence-corrected chi connectivity index (χ2v) is 3.82. The number of aliphatic imine (C=N–C) groups is 1. The van der Waals surface area contributed by atoms with Crippen LogP contribution in [0.2, 0.25) is 0 Å². The van der Waals surface area contributed by atoms with Gasteiger partial charge in [-0.1, -0.05) is 18.2 Å². The molecule has 1 N–H and O–H groups in total. The zero-order valence-corrected chi connectivity index (χ0v) is 8.78. The minimum Gasteiger partial charge on any atom is -0.381 e. The molecular formula is C12H10F3NO. The number of halogens is 3. The molecule has 17 heavy (non-hydrogen) atoms. The molecular weight excluding hydrogens is 231 g/mol. The van der Waals surface area contributed by atoms with Crippen LogP contribution in [0.25, 0.3) is 0 Å². The maximum atomic E-state index is 12.8. The molecule has 0 amide bonds. The molecule has 1 aromatic carbocycles. The van der Waals surface area contributed by atoms with Crippen LogP contribution in [0, 0.1) is 0 Å². The van der Waals surface area contributed by atoms with Crippen LogP contribution in [0.1, 0.15) is 17.5 Å². The summed E-state index contributed by atoms with van der Waals surface area (Å²) in [7, 11) is 0. The third-order valence-electron chi connectivity index (χ3n) is 2.64. The van der Waals surface area contributed by atoms with Crippen LogP contribution in [0.3, 0.4) is 0 Å². The predicted molar refractivity (Wildman–Crippen MR) is 57.6 cm³/mol. The molecule has 1 aliphatic rings. The van der Waals surface area contributed by atoms with E-state index in [9.17, 15) is 18.3 Å². The quantitative estimate of drug-likeness (QED) is 0.805. The lowest BCUT2D eigenvalue weighted by Crippen LogP contribution is -2.28. The molecule has 0 fully saturated rings. The summed E-state index contributed by atoms with van der Waals surface area (Å²) < 4.78 is 38.4. The summed E-state index contributed by atoms with van der Waals surface area (Å²) in [6, 6.07) is 5.03. The van der Waals surface area contributed by atoms with Crippen molar-refractivity contribution in [3.05, 3.63) is 47.7 Å². The molecule has 1 aliphatic heterocycles. The Bertz CT molecular complexity index is 479. The number of hydrogen-bond acceptors (Lipinski definition) is 2. The molecule has 5 heteroatoms. The highest BCUT2D eigenvalue weighted by Crippen LogP contribution is 2.38. The first-order valence-corrected chi connectivity index (χ1v) is 5.02. The summed E-state index contributed by atoms with van der Waals surface area (Å²) in [5.41, 5.74) is -2.59. The Morgan fingerprint density at radius 1 is 1.24 bits per heavy atom. The van der Waals surface area contributed by atoms with Crippen molar-refractivity contribution < 1.29 is 18.3 Å². The first-order valence-electron chi connectivity index (χ1n) is 5.02. The van der Waals surface area contributed by atoms with Crippen molar-refractivity contribution in [1.82, 2.24) is 0 Å². The molecule has 1 unspecified atom stereocenters. The number of rotatable bonds is 1. The highest BCUT2D eigenvalue weighted by molar-refractivity contribution is 5.63. The van der Waals surface area contributed by atoms with Gasteiger partial charge in [0.1, 0.15) is 5.60 Å². The zero-order valence-electron chi connectivity index (χ0n) is 8.78. The average molecular weight is 241 g/mol. The van der Waals surface area contributed by atoms with Gasteiger partial charge in [0.25, 0.3) is 0 Å². The summed E-state index contributed by atoms with van der Waals surface area (Å²) in [6.45, 7) is 0. The maximum Gasteiger partial charge on any atom is 0.416 e. The minimum atomic E-state index is -4.48. The zero-order chi connectivity index (χ0) is 12.5. The average Bonchev–Trinajstić information content (AvgIpc) is 2.29. The van der Waals surface area contributed by atoms with Crippen molar-refractivity contribution in [2.75, 3.05) is 0 Å². The van der Waals surface area contributed by atoms with Crippen LogP contribution in [-0.2, 0) is 11.8 Å². The van der Waals surface area contributed by atoms with Crippen LogP contribution in [0.5, 0.6) is 0 Å². The lowest BCUT2D eigenvalue weighted by atomic mass is 9.86. The summed E-state index contributed by atoms with van der Waals surface area (Å²) in [5.74, 6) is 0. The summed E-state index contributed by atoms with van der Waals surface area (Å²) in [4.78, 5) is 3.74.